The number of benzene rings is 1. The summed E-state index contributed by atoms with van der Waals surface area (Å²) in [5, 5.41) is 10.4. The molecule has 1 aromatic heterocycles. The molecular formula is C13H11BrN2O4S. The number of hydrogen-bond acceptors (Lipinski definition) is 4. The zero-order chi connectivity index (χ0) is 15.6. The lowest BCUT2D eigenvalue weighted by Crippen LogP contribution is -2.13. The molecule has 0 aliphatic carbocycles. The van der Waals surface area contributed by atoms with Crippen molar-refractivity contribution in [1.29, 1.82) is 0 Å². The van der Waals surface area contributed by atoms with Gasteiger partial charge in [-0.05, 0) is 41.1 Å². The number of aromatic nitrogens is 1. The summed E-state index contributed by atoms with van der Waals surface area (Å²) >= 11 is 3.18. The molecule has 0 amide bonds. The zero-order valence-corrected chi connectivity index (χ0v) is 13.3. The third-order valence-electron chi connectivity index (χ3n) is 2.73. The van der Waals surface area contributed by atoms with Crippen LogP contribution >= 0.6 is 15.9 Å². The third-order valence-corrected chi connectivity index (χ3v) is 4.86. The van der Waals surface area contributed by atoms with Crippen LogP contribution in [0.2, 0.25) is 0 Å². The number of hydrogen-bond donors (Lipinski definition) is 0. The number of aryl methyl sites for hydroxylation is 1. The van der Waals surface area contributed by atoms with Crippen LogP contribution < -0.4 is 0 Å². The molecule has 0 saturated carbocycles. The molecule has 21 heavy (non-hydrogen) atoms. The second-order valence-corrected chi connectivity index (χ2v) is 7.03. The van der Waals surface area contributed by atoms with Gasteiger partial charge in [-0.25, -0.2) is 12.4 Å². The Kier molecular flexibility index (Phi) is 4.29. The van der Waals surface area contributed by atoms with Gasteiger partial charge >= 0.3 is 0 Å². The van der Waals surface area contributed by atoms with Gasteiger partial charge in [-0.15, -0.1) is 0 Å². The number of nitrogens with zero attached hydrogens (tertiary/aromatic N) is 2. The Balaban J connectivity index is 2.55. The topological polar surface area (TPSA) is 82.2 Å². The molecule has 0 aliphatic rings. The average molecular weight is 371 g/mol. The highest BCUT2D eigenvalue weighted by Gasteiger charge is 2.19. The van der Waals surface area contributed by atoms with Crippen LogP contribution in [0.4, 0.5) is 0 Å². The van der Waals surface area contributed by atoms with Crippen LogP contribution in [0.15, 0.2) is 52.1 Å². The Bertz CT molecular complexity index is 807. The Labute approximate surface area is 130 Å². The van der Waals surface area contributed by atoms with Crippen LogP contribution in [-0.4, -0.2) is 17.3 Å². The summed E-state index contributed by atoms with van der Waals surface area (Å²) in [4.78, 5) is 9.86. The fourth-order valence-corrected chi connectivity index (χ4v) is 3.64. The molecule has 0 bridgehead atoms. The van der Waals surface area contributed by atoms with Gasteiger partial charge in [0.15, 0.2) is 0 Å². The van der Waals surface area contributed by atoms with Gasteiger partial charge in [0.05, 0.1) is 15.5 Å². The lowest BCUT2D eigenvalue weighted by molar-refractivity contribution is -0.401. The SMILES string of the molecule is Cc1ccc(S(=O)(=O)n2cc(Br)cc2/C=C/[N+](=O)[O-])cc1. The van der Waals surface area contributed by atoms with Gasteiger partial charge in [-0.3, -0.25) is 10.1 Å². The minimum absolute atomic E-state index is 0.118. The molecule has 8 heteroatoms. The quantitative estimate of drug-likeness (QED) is 0.611. The minimum atomic E-state index is -3.80. The molecule has 0 saturated heterocycles. The molecule has 6 nitrogen and oxygen atoms in total. The molecule has 2 aromatic rings. The van der Waals surface area contributed by atoms with E-state index in [2.05, 4.69) is 15.9 Å². The van der Waals surface area contributed by atoms with Crippen LogP contribution in [0.1, 0.15) is 11.3 Å². The second-order valence-electron chi connectivity index (χ2n) is 4.30. The maximum atomic E-state index is 12.6. The molecule has 2 rings (SSSR count). The van der Waals surface area contributed by atoms with Crippen molar-refractivity contribution in [2.75, 3.05) is 0 Å². The molecule has 0 radical (unpaired) electrons. The number of nitro groups is 1. The number of rotatable bonds is 4. The van der Waals surface area contributed by atoms with Crippen molar-refractivity contribution in [1.82, 2.24) is 3.97 Å². The molecule has 0 fully saturated rings. The first-order chi connectivity index (χ1) is 9.80. The van der Waals surface area contributed by atoms with E-state index in [1.54, 1.807) is 12.1 Å². The first-order valence-corrected chi connectivity index (χ1v) is 8.06. The summed E-state index contributed by atoms with van der Waals surface area (Å²) < 4.78 is 26.6. The van der Waals surface area contributed by atoms with E-state index in [0.29, 0.717) is 10.7 Å². The maximum Gasteiger partial charge on any atom is 0.268 e. The summed E-state index contributed by atoms with van der Waals surface area (Å²) in [5.41, 5.74) is 1.13. The summed E-state index contributed by atoms with van der Waals surface area (Å²) in [5.74, 6) is 0. The molecule has 110 valence electrons. The number of halogens is 1. The average Bonchev–Trinajstić information content (AvgIpc) is 2.79. The summed E-state index contributed by atoms with van der Waals surface area (Å²) in [6.45, 7) is 1.86. The molecule has 0 N–H and O–H groups in total. The summed E-state index contributed by atoms with van der Waals surface area (Å²) in [6, 6.07) is 7.88. The normalized spacial score (nSPS) is 11.9. The second kappa shape index (κ2) is 5.82. The first-order valence-electron chi connectivity index (χ1n) is 5.82. The first kappa shape index (κ1) is 15.5. The highest BCUT2D eigenvalue weighted by Crippen LogP contribution is 2.23. The predicted molar refractivity (Wildman–Crippen MR) is 81.9 cm³/mol. The van der Waals surface area contributed by atoms with Gasteiger partial charge < -0.3 is 0 Å². The van der Waals surface area contributed by atoms with Crippen molar-refractivity contribution in [3.63, 3.8) is 0 Å². The summed E-state index contributed by atoms with van der Waals surface area (Å²) in [6.07, 6.45) is 3.19. The smallest absolute Gasteiger partial charge is 0.259 e. The van der Waals surface area contributed by atoms with E-state index in [1.807, 2.05) is 6.92 Å². The predicted octanol–water partition coefficient (Wildman–Crippen LogP) is 3.04. The lowest BCUT2D eigenvalue weighted by atomic mass is 10.2. The van der Waals surface area contributed by atoms with Crippen molar-refractivity contribution in [3.05, 3.63) is 68.6 Å². The molecular weight excluding hydrogens is 360 g/mol. The Morgan fingerprint density at radius 3 is 2.48 bits per heavy atom. The summed E-state index contributed by atoms with van der Waals surface area (Å²) in [7, 11) is -3.80. The Morgan fingerprint density at radius 2 is 1.90 bits per heavy atom. The minimum Gasteiger partial charge on any atom is -0.259 e. The molecule has 0 aliphatic heterocycles. The molecule has 0 unspecified atom stereocenters. The fourth-order valence-electron chi connectivity index (χ4n) is 1.72. The van der Waals surface area contributed by atoms with E-state index in [9.17, 15) is 18.5 Å². The molecule has 0 atom stereocenters. The third kappa shape index (κ3) is 3.40. The molecule has 0 spiro atoms. The monoisotopic (exact) mass is 370 g/mol. The Morgan fingerprint density at radius 1 is 1.29 bits per heavy atom. The van der Waals surface area contributed by atoms with Crippen molar-refractivity contribution in [2.24, 2.45) is 0 Å². The molecule has 1 heterocycles. The van der Waals surface area contributed by atoms with Crippen molar-refractivity contribution >= 4 is 32.0 Å². The van der Waals surface area contributed by atoms with Gasteiger partial charge in [0.1, 0.15) is 0 Å². The largest absolute Gasteiger partial charge is 0.268 e. The van der Waals surface area contributed by atoms with Gasteiger partial charge in [0.2, 0.25) is 6.20 Å². The van der Waals surface area contributed by atoms with Crippen LogP contribution in [0.5, 0.6) is 0 Å². The fraction of sp³-hybridized carbons (Fsp3) is 0.0769. The zero-order valence-electron chi connectivity index (χ0n) is 10.9. The molecule has 1 aromatic carbocycles. The highest BCUT2D eigenvalue weighted by atomic mass is 79.9. The van der Waals surface area contributed by atoms with Crippen LogP contribution in [0.25, 0.3) is 6.08 Å². The van der Waals surface area contributed by atoms with Crippen molar-refractivity contribution in [3.8, 4) is 0 Å². The van der Waals surface area contributed by atoms with Crippen LogP contribution in [-0.2, 0) is 10.0 Å². The van der Waals surface area contributed by atoms with Gasteiger partial charge in [0, 0.05) is 16.7 Å². The standard InChI is InChI=1S/C13H11BrN2O4S/c1-10-2-4-13(5-3-10)21(19,20)15-9-11(14)8-12(15)6-7-16(17)18/h2-9H,1H3/b7-6+. The van der Waals surface area contributed by atoms with Gasteiger partial charge in [-0.1, -0.05) is 17.7 Å². The maximum absolute atomic E-state index is 12.6. The van der Waals surface area contributed by atoms with Crippen molar-refractivity contribution in [2.45, 2.75) is 11.8 Å². The van der Waals surface area contributed by atoms with E-state index >= 15 is 0 Å². The van der Waals surface area contributed by atoms with E-state index in [0.717, 1.165) is 15.6 Å². The van der Waals surface area contributed by atoms with Crippen LogP contribution in [0, 0.1) is 17.0 Å². The van der Waals surface area contributed by atoms with E-state index in [1.165, 1.54) is 24.4 Å². The lowest BCUT2D eigenvalue weighted by Gasteiger charge is -2.08. The van der Waals surface area contributed by atoms with E-state index in [4.69, 9.17) is 0 Å². The van der Waals surface area contributed by atoms with Gasteiger partial charge in [0.25, 0.3) is 10.0 Å². The van der Waals surface area contributed by atoms with E-state index in [-0.39, 0.29) is 10.6 Å². The highest BCUT2D eigenvalue weighted by molar-refractivity contribution is 9.10. The van der Waals surface area contributed by atoms with Gasteiger partial charge in [-0.2, -0.15) is 0 Å². The van der Waals surface area contributed by atoms with Crippen LogP contribution in [0.3, 0.4) is 0 Å². The van der Waals surface area contributed by atoms with Crippen molar-refractivity contribution < 1.29 is 13.3 Å². The van der Waals surface area contributed by atoms with E-state index < -0.39 is 14.9 Å². The Hall–Kier alpha value is -1.93.